The smallest absolute Gasteiger partial charge is 0.338 e. The summed E-state index contributed by atoms with van der Waals surface area (Å²) in [6, 6.07) is 4.85. The van der Waals surface area contributed by atoms with Crippen molar-refractivity contribution in [2.45, 2.75) is 58.3 Å². The average molecular weight is 516 g/mol. The van der Waals surface area contributed by atoms with Crippen LogP contribution in [0.4, 0.5) is 0 Å². The van der Waals surface area contributed by atoms with Crippen LogP contribution in [0.1, 0.15) is 51.6 Å². The van der Waals surface area contributed by atoms with Crippen LogP contribution in [0.3, 0.4) is 0 Å². The number of nitrogens with one attached hydrogen (secondary N) is 1. The molecule has 0 radical (unpaired) electrons. The summed E-state index contributed by atoms with van der Waals surface area (Å²) in [6.07, 6.45) is 1.85. The normalized spacial score (nSPS) is 21.2. The van der Waals surface area contributed by atoms with E-state index < -0.39 is 12.0 Å². The van der Waals surface area contributed by atoms with E-state index in [1.165, 1.54) is 11.8 Å². The molecule has 36 heavy (non-hydrogen) atoms. The Balaban J connectivity index is 1.69. The Bertz CT molecular complexity index is 1110. The van der Waals surface area contributed by atoms with Crippen LogP contribution in [0, 0.1) is 0 Å². The van der Waals surface area contributed by atoms with Crippen LogP contribution < -0.4 is 14.8 Å². The molecule has 194 valence electrons. The van der Waals surface area contributed by atoms with E-state index in [2.05, 4.69) is 5.32 Å². The summed E-state index contributed by atoms with van der Waals surface area (Å²) < 4.78 is 22.4. The predicted octanol–water partition coefficient (Wildman–Crippen LogP) is 3.92. The number of benzene rings is 1. The molecule has 4 rings (SSSR count). The van der Waals surface area contributed by atoms with E-state index in [0.29, 0.717) is 40.0 Å². The van der Waals surface area contributed by atoms with E-state index in [-0.39, 0.29) is 24.5 Å². The number of methoxy groups -OCH3 is 2. The molecular weight excluding hydrogens is 482 g/mol. The predicted molar refractivity (Wildman–Crippen MR) is 138 cm³/mol. The number of thioether (sulfide) groups is 1. The number of esters is 1. The van der Waals surface area contributed by atoms with E-state index in [0.717, 1.165) is 25.1 Å². The topological polar surface area (TPSA) is 98.7 Å². The highest BCUT2D eigenvalue weighted by molar-refractivity contribution is 8.16. The van der Waals surface area contributed by atoms with Gasteiger partial charge in [-0.1, -0.05) is 11.8 Å². The molecule has 2 atom stereocenters. The van der Waals surface area contributed by atoms with Crippen LogP contribution in [-0.2, 0) is 19.1 Å². The maximum absolute atomic E-state index is 13.4. The van der Waals surface area contributed by atoms with Gasteiger partial charge in [0.1, 0.15) is 11.5 Å². The first kappa shape index (κ1) is 26.1. The van der Waals surface area contributed by atoms with Gasteiger partial charge in [-0.3, -0.25) is 4.79 Å². The molecule has 0 bridgehead atoms. The maximum Gasteiger partial charge on any atom is 0.338 e. The van der Waals surface area contributed by atoms with Gasteiger partial charge in [0.2, 0.25) is 5.91 Å². The highest BCUT2D eigenvalue weighted by atomic mass is 32.2. The van der Waals surface area contributed by atoms with E-state index >= 15 is 0 Å². The van der Waals surface area contributed by atoms with Gasteiger partial charge in [0, 0.05) is 24.4 Å². The summed E-state index contributed by atoms with van der Waals surface area (Å²) in [6.45, 7) is 6.64. The van der Waals surface area contributed by atoms with Crippen molar-refractivity contribution < 1.29 is 28.5 Å². The molecular formula is C26H33N3O6S. The Kier molecular flexibility index (Phi) is 8.25. The number of fused-ring (bicyclic) bond motifs is 1. The minimum Gasteiger partial charge on any atom is -0.497 e. The Morgan fingerprint density at radius 3 is 2.75 bits per heavy atom. The fourth-order valence-electron chi connectivity index (χ4n) is 4.52. The van der Waals surface area contributed by atoms with E-state index in [4.69, 9.17) is 23.9 Å². The first-order chi connectivity index (χ1) is 17.3. The van der Waals surface area contributed by atoms with Crippen LogP contribution in [0.25, 0.3) is 0 Å². The molecule has 3 aliphatic heterocycles. The lowest BCUT2D eigenvalue weighted by Crippen LogP contribution is -2.39. The molecule has 0 saturated carbocycles. The van der Waals surface area contributed by atoms with Crippen molar-refractivity contribution in [2.24, 2.45) is 4.99 Å². The third-order valence-corrected chi connectivity index (χ3v) is 7.08. The Morgan fingerprint density at radius 2 is 2.08 bits per heavy atom. The molecule has 0 spiro atoms. The van der Waals surface area contributed by atoms with Crippen molar-refractivity contribution in [1.29, 1.82) is 0 Å². The standard InChI is InChI=1S/C26H33N3O6S/c1-15(2)35-25(31)23-16(3)28-26-29(24(23)20-12-18(32-4)8-9-21(20)33-5)17(14-36-26)11-22(30)27-13-19-7-6-10-34-19/h8-9,12,14-15,19,24H,6-7,10-11,13H2,1-5H3,(H,27,30)/t19-,24-/m1/s1. The van der Waals surface area contributed by atoms with Gasteiger partial charge >= 0.3 is 5.97 Å². The van der Waals surface area contributed by atoms with Gasteiger partial charge in [-0.15, -0.1) is 0 Å². The van der Waals surface area contributed by atoms with E-state index in [1.807, 2.05) is 30.2 Å². The quantitative estimate of drug-likeness (QED) is 0.494. The number of amidine groups is 1. The Morgan fingerprint density at radius 1 is 1.28 bits per heavy atom. The number of amides is 1. The number of allylic oxidation sites excluding steroid dienone is 1. The van der Waals surface area contributed by atoms with Gasteiger partial charge in [0.05, 0.1) is 50.2 Å². The number of carbonyl (C=O) groups is 2. The summed E-state index contributed by atoms with van der Waals surface area (Å²) >= 11 is 1.42. The minimum atomic E-state index is -0.610. The number of nitrogens with zero attached hydrogens (tertiary/aromatic N) is 2. The molecule has 1 aromatic carbocycles. The SMILES string of the molecule is COc1ccc(OC)c([C@@H]2C(C(=O)OC(C)C)=C(C)N=C3SC=C(CC(=O)NC[C@H]4CCCO4)N32)c1. The Hall–Kier alpha value is -2.98. The fraction of sp³-hybridized carbons (Fsp3) is 0.500. The highest BCUT2D eigenvalue weighted by Gasteiger charge is 2.42. The van der Waals surface area contributed by atoms with Gasteiger partial charge < -0.3 is 29.2 Å². The number of hydrogen-bond donors (Lipinski definition) is 1. The Labute approximate surface area is 215 Å². The van der Waals surface area contributed by atoms with Gasteiger partial charge in [-0.05, 0) is 57.2 Å². The fourth-order valence-corrected chi connectivity index (χ4v) is 5.48. The molecule has 1 fully saturated rings. The third-order valence-electron chi connectivity index (χ3n) is 6.19. The van der Waals surface area contributed by atoms with Crippen LogP contribution in [-0.4, -0.2) is 61.5 Å². The minimum absolute atomic E-state index is 0.0600. The second-order valence-corrected chi connectivity index (χ2v) is 9.91. The number of ether oxygens (including phenoxy) is 4. The molecule has 1 amide bonds. The van der Waals surface area contributed by atoms with Crippen molar-refractivity contribution in [2.75, 3.05) is 27.4 Å². The summed E-state index contributed by atoms with van der Waals surface area (Å²) in [5.41, 5.74) is 2.41. The molecule has 10 heteroatoms. The van der Waals surface area contributed by atoms with Crippen molar-refractivity contribution in [3.8, 4) is 11.5 Å². The van der Waals surface area contributed by atoms with Crippen molar-refractivity contribution >= 4 is 28.8 Å². The van der Waals surface area contributed by atoms with Gasteiger partial charge in [-0.2, -0.15) is 0 Å². The van der Waals surface area contributed by atoms with E-state index in [9.17, 15) is 9.59 Å². The zero-order chi connectivity index (χ0) is 25.8. The molecule has 0 unspecified atom stereocenters. The summed E-state index contributed by atoms with van der Waals surface area (Å²) in [5, 5.41) is 5.58. The average Bonchev–Trinajstić information content (AvgIpc) is 3.51. The molecule has 3 heterocycles. The van der Waals surface area contributed by atoms with Crippen LogP contribution in [0.2, 0.25) is 0 Å². The monoisotopic (exact) mass is 515 g/mol. The lowest BCUT2D eigenvalue weighted by molar-refractivity contribution is -0.143. The van der Waals surface area contributed by atoms with Crippen LogP contribution >= 0.6 is 11.8 Å². The number of hydrogen-bond acceptors (Lipinski definition) is 9. The largest absolute Gasteiger partial charge is 0.497 e. The first-order valence-corrected chi connectivity index (χ1v) is 13.0. The zero-order valence-electron chi connectivity index (χ0n) is 21.3. The zero-order valence-corrected chi connectivity index (χ0v) is 22.1. The van der Waals surface area contributed by atoms with E-state index in [1.54, 1.807) is 33.3 Å². The summed E-state index contributed by atoms with van der Waals surface area (Å²) in [5.74, 6) is 0.631. The summed E-state index contributed by atoms with van der Waals surface area (Å²) in [4.78, 5) is 32.9. The second-order valence-electron chi connectivity index (χ2n) is 9.07. The molecule has 1 aromatic rings. The third kappa shape index (κ3) is 5.54. The van der Waals surface area contributed by atoms with Crippen LogP contribution in [0.5, 0.6) is 11.5 Å². The lowest BCUT2D eigenvalue weighted by atomic mass is 9.92. The number of aliphatic imine (C=N–C) groups is 1. The van der Waals surface area contributed by atoms with Crippen molar-refractivity contribution in [1.82, 2.24) is 10.2 Å². The number of rotatable bonds is 9. The summed E-state index contributed by atoms with van der Waals surface area (Å²) in [7, 11) is 3.17. The molecule has 3 aliphatic rings. The molecule has 0 aromatic heterocycles. The first-order valence-electron chi connectivity index (χ1n) is 12.1. The maximum atomic E-state index is 13.4. The van der Waals surface area contributed by atoms with Gasteiger partial charge in [-0.25, -0.2) is 9.79 Å². The lowest BCUT2D eigenvalue weighted by Gasteiger charge is -2.37. The molecule has 1 N–H and O–H groups in total. The molecule has 0 aliphatic carbocycles. The van der Waals surface area contributed by atoms with Crippen LogP contribution in [0.15, 0.2) is 45.6 Å². The van der Waals surface area contributed by atoms with Gasteiger partial charge in [0.15, 0.2) is 5.17 Å². The molecule has 9 nitrogen and oxygen atoms in total. The highest BCUT2D eigenvalue weighted by Crippen LogP contribution is 2.47. The molecule has 1 saturated heterocycles. The number of carbonyl (C=O) groups excluding carboxylic acids is 2. The van der Waals surface area contributed by atoms with Gasteiger partial charge in [0.25, 0.3) is 0 Å². The van der Waals surface area contributed by atoms with Crippen molar-refractivity contribution in [3.63, 3.8) is 0 Å². The van der Waals surface area contributed by atoms with Crippen molar-refractivity contribution in [3.05, 3.63) is 46.1 Å². The second kappa shape index (κ2) is 11.4.